The number of aromatic nitrogens is 2. The molecule has 1 spiro atoms. The summed E-state index contributed by atoms with van der Waals surface area (Å²) in [5.74, 6) is -1.07. The van der Waals surface area contributed by atoms with Crippen molar-refractivity contribution in [3.8, 4) is 0 Å². The lowest BCUT2D eigenvalue weighted by Crippen LogP contribution is -2.57. The third kappa shape index (κ3) is 3.35. The van der Waals surface area contributed by atoms with Gasteiger partial charge in [0.25, 0.3) is 11.8 Å². The zero-order chi connectivity index (χ0) is 20.6. The second kappa shape index (κ2) is 7.27. The zero-order valence-corrected chi connectivity index (χ0v) is 16.5. The van der Waals surface area contributed by atoms with E-state index in [1.165, 1.54) is 23.6 Å². The Kier molecular flexibility index (Phi) is 4.77. The van der Waals surface area contributed by atoms with Gasteiger partial charge in [-0.3, -0.25) is 14.4 Å². The highest BCUT2D eigenvalue weighted by Gasteiger charge is 2.53. The van der Waals surface area contributed by atoms with E-state index in [2.05, 4.69) is 15.3 Å². The lowest BCUT2D eigenvalue weighted by Gasteiger charge is -2.34. The van der Waals surface area contributed by atoms with E-state index in [1.54, 1.807) is 25.1 Å². The van der Waals surface area contributed by atoms with Crippen molar-refractivity contribution < 1.29 is 14.4 Å². The van der Waals surface area contributed by atoms with Crippen molar-refractivity contribution in [2.75, 3.05) is 27.2 Å². The van der Waals surface area contributed by atoms with Gasteiger partial charge < -0.3 is 15.1 Å². The number of rotatable bonds is 2. The molecule has 8 heteroatoms. The van der Waals surface area contributed by atoms with Crippen molar-refractivity contribution in [2.24, 2.45) is 5.92 Å². The number of benzene rings is 1. The van der Waals surface area contributed by atoms with Crippen LogP contribution in [0.2, 0.25) is 0 Å². The highest BCUT2D eigenvalue weighted by molar-refractivity contribution is 5.98. The van der Waals surface area contributed by atoms with Gasteiger partial charge >= 0.3 is 0 Å². The van der Waals surface area contributed by atoms with Crippen molar-refractivity contribution in [3.63, 3.8) is 0 Å². The second-order valence-corrected chi connectivity index (χ2v) is 7.87. The molecule has 1 fully saturated rings. The van der Waals surface area contributed by atoms with E-state index in [0.717, 1.165) is 5.56 Å². The minimum atomic E-state index is -0.817. The predicted octanol–water partition coefficient (Wildman–Crippen LogP) is 0.752. The molecule has 0 unspecified atom stereocenters. The minimum Gasteiger partial charge on any atom is -0.348 e. The van der Waals surface area contributed by atoms with E-state index in [1.807, 2.05) is 18.2 Å². The molecule has 0 radical (unpaired) electrons. The van der Waals surface area contributed by atoms with E-state index < -0.39 is 11.5 Å². The normalized spacial score (nSPS) is 23.3. The molecule has 2 aromatic rings. The monoisotopic (exact) mass is 393 g/mol. The first-order valence-corrected chi connectivity index (χ1v) is 9.57. The first-order valence-electron chi connectivity index (χ1n) is 9.57. The Morgan fingerprint density at radius 3 is 2.66 bits per heavy atom. The van der Waals surface area contributed by atoms with Gasteiger partial charge in [-0.25, -0.2) is 9.97 Å². The van der Waals surface area contributed by atoms with Gasteiger partial charge in [0.2, 0.25) is 5.91 Å². The molecule has 0 bridgehead atoms. The number of amides is 3. The summed E-state index contributed by atoms with van der Waals surface area (Å²) in [4.78, 5) is 50.0. The Morgan fingerprint density at radius 2 is 1.93 bits per heavy atom. The number of likely N-dealkylation sites (tertiary alicyclic amines) is 1. The van der Waals surface area contributed by atoms with Gasteiger partial charge in [-0.05, 0) is 24.5 Å². The fourth-order valence-corrected chi connectivity index (χ4v) is 4.34. The average Bonchev–Trinajstić information content (AvgIpc) is 3.03. The van der Waals surface area contributed by atoms with Crippen LogP contribution in [0.4, 0.5) is 0 Å². The fourth-order valence-electron chi connectivity index (χ4n) is 4.34. The third-order valence-electron chi connectivity index (χ3n) is 5.84. The summed E-state index contributed by atoms with van der Waals surface area (Å²) in [6.45, 7) is 0.506. The molecule has 1 aromatic carbocycles. The lowest BCUT2D eigenvalue weighted by molar-refractivity contribution is -0.134. The average molecular weight is 393 g/mol. The Hall–Kier alpha value is -3.29. The van der Waals surface area contributed by atoms with Crippen LogP contribution in [-0.2, 0) is 11.2 Å². The number of nitrogens with one attached hydrogen (secondary N) is 1. The van der Waals surface area contributed by atoms with Crippen LogP contribution < -0.4 is 5.32 Å². The van der Waals surface area contributed by atoms with Gasteiger partial charge in [-0.2, -0.15) is 0 Å². The number of hydrogen-bond donors (Lipinski definition) is 1. The van der Waals surface area contributed by atoms with Crippen LogP contribution in [0.25, 0.3) is 0 Å². The highest BCUT2D eigenvalue weighted by Crippen LogP contribution is 2.36. The van der Waals surface area contributed by atoms with Crippen molar-refractivity contribution in [1.29, 1.82) is 0 Å². The van der Waals surface area contributed by atoms with Gasteiger partial charge in [-0.1, -0.05) is 18.2 Å². The largest absolute Gasteiger partial charge is 0.348 e. The van der Waals surface area contributed by atoms with E-state index in [-0.39, 0.29) is 30.8 Å². The summed E-state index contributed by atoms with van der Waals surface area (Å²) in [7, 11) is 3.39. The van der Waals surface area contributed by atoms with Crippen molar-refractivity contribution in [3.05, 3.63) is 59.7 Å². The Morgan fingerprint density at radius 1 is 1.21 bits per heavy atom. The topological polar surface area (TPSA) is 95.5 Å². The number of nitrogens with zero attached hydrogens (tertiary/aromatic N) is 4. The fraction of sp³-hybridized carbons (Fsp3) is 0.381. The first-order chi connectivity index (χ1) is 13.9. The van der Waals surface area contributed by atoms with Crippen LogP contribution in [0.1, 0.15) is 32.7 Å². The molecule has 0 aliphatic carbocycles. The summed E-state index contributed by atoms with van der Waals surface area (Å²) in [6, 6.07) is 7.48. The molecule has 29 heavy (non-hydrogen) atoms. The second-order valence-electron chi connectivity index (χ2n) is 7.87. The highest BCUT2D eigenvalue weighted by atomic mass is 16.2. The lowest BCUT2D eigenvalue weighted by atomic mass is 9.81. The number of aryl methyl sites for hydroxylation is 1. The molecular weight excluding hydrogens is 370 g/mol. The smallest absolute Gasteiger partial charge is 0.257 e. The maximum absolute atomic E-state index is 13.0. The molecule has 8 nitrogen and oxygen atoms in total. The summed E-state index contributed by atoms with van der Waals surface area (Å²) in [5.41, 5.74) is 1.13. The van der Waals surface area contributed by atoms with Crippen molar-refractivity contribution in [1.82, 2.24) is 25.1 Å². The van der Waals surface area contributed by atoms with Crippen LogP contribution >= 0.6 is 0 Å². The van der Waals surface area contributed by atoms with Gasteiger partial charge in [0.15, 0.2) is 0 Å². The van der Waals surface area contributed by atoms with E-state index in [4.69, 9.17) is 0 Å². The molecule has 2 aliphatic rings. The van der Waals surface area contributed by atoms with E-state index >= 15 is 0 Å². The quantitative estimate of drug-likeness (QED) is 0.813. The SMILES string of the molecule is CN(C)C(=O)[C@H]1CN(C(=O)c2cncnc2)C[C@@]12CCc1ccccc1C(=O)N2. The molecule has 1 aromatic heterocycles. The molecule has 1 N–H and O–H groups in total. The molecule has 2 atom stereocenters. The van der Waals surface area contributed by atoms with Crippen LogP contribution in [-0.4, -0.2) is 70.2 Å². The van der Waals surface area contributed by atoms with Crippen molar-refractivity contribution >= 4 is 17.7 Å². The van der Waals surface area contributed by atoms with Gasteiger partial charge in [-0.15, -0.1) is 0 Å². The molecule has 4 rings (SSSR count). The molecular formula is C21H23N5O3. The first kappa shape index (κ1) is 19.0. The van der Waals surface area contributed by atoms with Gasteiger partial charge in [0.05, 0.1) is 17.0 Å². The van der Waals surface area contributed by atoms with Crippen LogP contribution in [0, 0.1) is 5.92 Å². The van der Waals surface area contributed by atoms with E-state index in [0.29, 0.717) is 24.0 Å². The Balaban J connectivity index is 1.69. The molecule has 3 amide bonds. The standard InChI is InChI=1S/C21H23N5O3/c1-25(2)20(29)17-11-26(19(28)15-9-22-13-23-10-15)12-21(17)8-7-14-5-3-4-6-16(14)18(27)24-21/h3-6,9-10,13,17H,7-8,11-12H2,1-2H3,(H,24,27)/t17-,21+/m1/s1. The summed E-state index contributed by atoms with van der Waals surface area (Å²) in [6.07, 6.45) is 5.52. The number of fused-ring (bicyclic) bond motifs is 1. The van der Waals surface area contributed by atoms with Crippen molar-refractivity contribution in [2.45, 2.75) is 18.4 Å². The van der Waals surface area contributed by atoms with Gasteiger partial charge in [0.1, 0.15) is 6.33 Å². The Labute approximate surface area is 168 Å². The maximum Gasteiger partial charge on any atom is 0.257 e. The molecule has 1 saturated heterocycles. The zero-order valence-electron chi connectivity index (χ0n) is 16.5. The van der Waals surface area contributed by atoms with Crippen LogP contribution in [0.3, 0.4) is 0 Å². The molecule has 150 valence electrons. The summed E-state index contributed by atoms with van der Waals surface area (Å²) >= 11 is 0. The molecule has 2 aliphatic heterocycles. The van der Waals surface area contributed by atoms with Crippen LogP contribution in [0.5, 0.6) is 0 Å². The molecule has 0 saturated carbocycles. The molecule has 3 heterocycles. The predicted molar refractivity (Wildman–Crippen MR) is 105 cm³/mol. The van der Waals surface area contributed by atoms with Gasteiger partial charge in [0, 0.05) is 45.1 Å². The summed E-state index contributed by atoms with van der Waals surface area (Å²) < 4.78 is 0. The number of hydrogen-bond acceptors (Lipinski definition) is 5. The number of carbonyl (C=O) groups is 3. The maximum atomic E-state index is 13.0. The number of carbonyl (C=O) groups excluding carboxylic acids is 3. The minimum absolute atomic E-state index is 0.101. The third-order valence-corrected chi connectivity index (χ3v) is 5.84. The van der Waals surface area contributed by atoms with E-state index in [9.17, 15) is 14.4 Å². The Bertz CT molecular complexity index is 962. The van der Waals surface area contributed by atoms with Crippen LogP contribution in [0.15, 0.2) is 43.0 Å². The summed E-state index contributed by atoms with van der Waals surface area (Å²) in [5, 5.41) is 3.12.